The van der Waals surface area contributed by atoms with Crippen LogP contribution in [-0.4, -0.2) is 44.3 Å². The van der Waals surface area contributed by atoms with Crippen LogP contribution in [0, 0.1) is 0 Å². The molecule has 45 heavy (non-hydrogen) atoms. The molecule has 0 aliphatic carbocycles. The summed E-state index contributed by atoms with van der Waals surface area (Å²) in [6.45, 7) is 3.34. The lowest BCUT2D eigenvalue weighted by molar-refractivity contribution is -0.382. The number of rotatable bonds is 8. The van der Waals surface area contributed by atoms with Gasteiger partial charge in [-0.05, 0) is 35.5 Å². The predicted octanol–water partition coefficient (Wildman–Crippen LogP) is 7.74. The first kappa shape index (κ1) is 32.4. The molecule has 4 nitrogen and oxygen atoms in total. The molecule has 0 aliphatic heterocycles. The first-order valence-corrected chi connectivity index (χ1v) is 17.5. The molecular weight excluding hydrogens is 653 g/mol. The fraction of sp³-hybridized carbons (Fsp3) is 0.200. The number of nitrogens with zero attached hydrogens (tertiary/aromatic N) is 1. The van der Waals surface area contributed by atoms with Crippen LogP contribution >= 0.6 is 0 Å². The molecule has 0 saturated heterocycles. The molecule has 0 N–H and O–H groups in total. The summed E-state index contributed by atoms with van der Waals surface area (Å²) in [6, 6.07) is 26.2. The number of hydrogen-bond donors (Lipinski definition) is 0. The quantitative estimate of drug-likeness (QED) is 0.0961. The summed E-state index contributed by atoms with van der Waals surface area (Å²) in [6.07, 6.45) is -7.21. The van der Waals surface area contributed by atoms with E-state index in [4.69, 9.17) is 0 Å². The Hall–Kier alpha value is -3.98. The second kappa shape index (κ2) is 10.5. The van der Waals surface area contributed by atoms with Crippen LogP contribution < -0.4 is 14.6 Å². The van der Waals surface area contributed by atoms with E-state index in [-0.39, 0.29) is 10.6 Å². The van der Waals surface area contributed by atoms with Gasteiger partial charge in [0.25, 0.3) is 0 Å². The number of para-hydroxylation sites is 2. The molecule has 0 spiro atoms. The highest BCUT2D eigenvalue weighted by Crippen LogP contribution is 2.55. The third-order valence-corrected chi connectivity index (χ3v) is 12.4. The minimum Gasteiger partial charge on any atom is -0.378 e. The number of benzene rings is 4. The molecule has 1 heterocycles. The highest BCUT2D eigenvalue weighted by Gasteiger charge is 2.86. The maximum Gasteiger partial charge on any atom is 0.460 e. The standard InChI is InChI=1S/C30H22F9NO3SSi/c1-45(2,20-13-7-4-8-14-20)26-18-24-22(21-15-9-10-16-23(21)40(24)19-11-5-3-6-12-19)17-25(26)43-44(41,42)30(38,39)28(33,34)27(31,32)29(35,36)37/h3-18H,1-2H3. The van der Waals surface area contributed by atoms with Crippen LogP contribution in [0.5, 0.6) is 5.75 Å². The molecular formula is C30H22F9NO3SSi. The lowest BCUT2D eigenvalue weighted by atomic mass is 10.1. The third-order valence-electron chi connectivity index (χ3n) is 7.59. The van der Waals surface area contributed by atoms with Gasteiger partial charge in [0.2, 0.25) is 0 Å². The van der Waals surface area contributed by atoms with E-state index in [2.05, 4.69) is 4.18 Å². The molecule has 0 bridgehead atoms. The summed E-state index contributed by atoms with van der Waals surface area (Å²) in [4.78, 5) is 0. The Balaban J connectivity index is 1.81. The highest BCUT2D eigenvalue weighted by atomic mass is 32.2. The maximum atomic E-state index is 14.8. The highest BCUT2D eigenvalue weighted by molar-refractivity contribution is 7.88. The van der Waals surface area contributed by atoms with Gasteiger partial charge in [-0.15, -0.1) is 0 Å². The van der Waals surface area contributed by atoms with Crippen molar-refractivity contribution in [3.8, 4) is 11.4 Å². The SMILES string of the molecule is C[Si](C)(c1ccccc1)c1cc2c(cc1OS(=O)(=O)C(F)(F)C(F)(F)C(F)(F)C(F)(F)F)c1ccccc1n2-c1ccccc1. The van der Waals surface area contributed by atoms with Crippen LogP contribution in [0.25, 0.3) is 27.5 Å². The number of hydrogen-bond acceptors (Lipinski definition) is 3. The Bertz CT molecular complexity index is 1990. The van der Waals surface area contributed by atoms with E-state index in [1.165, 1.54) is 6.07 Å². The van der Waals surface area contributed by atoms with Crippen LogP contribution in [0.3, 0.4) is 0 Å². The fourth-order valence-electron chi connectivity index (χ4n) is 5.11. The van der Waals surface area contributed by atoms with E-state index in [0.29, 0.717) is 27.3 Å². The minimum atomic E-state index is -7.43. The van der Waals surface area contributed by atoms with E-state index in [1.54, 1.807) is 103 Å². The Morgan fingerprint density at radius 2 is 1.18 bits per heavy atom. The zero-order valence-corrected chi connectivity index (χ0v) is 25.0. The molecule has 0 atom stereocenters. The molecule has 4 aromatic carbocycles. The lowest BCUT2D eigenvalue weighted by Gasteiger charge is -2.33. The van der Waals surface area contributed by atoms with Crippen LogP contribution in [0.1, 0.15) is 0 Å². The van der Waals surface area contributed by atoms with Gasteiger partial charge in [0.1, 0.15) is 13.8 Å². The average molecular weight is 676 g/mol. The Kier molecular flexibility index (Phi) is 7.59. The van der Waals surface area contributed by atoms with Crippen molar-refractivity contribution in [1.29, 1.82) is 0 Å². The van der Waals surface area contributed by atoms with Crippen LogP contribution in [0.4, 0.5) is 39.5 Å². The van der Waals surface area contributed by atoms with E-state index in [1.807, 2.05) is 0 Å². The van der Waals surface area contributed by atoms with Crippen molar-refractivity contribution in [3.05, 3.63) is 97.1 Å². The largest absolute Gasteiger partial charge is 0.460 e. The average Bonchev–Trinajstić information content (AvgIpc) is 3.30. The van der Waals surface area contributed by atoms with Crippen molar-refractivity contribution in [3.63, 3.8) is 0 Å². The first-order chi connectivity index (χ1) is 20.8. The zero-order valence-electron chi connectivity index (χ0n) is 23.2. The molecule has 0 saturated carbocycles. The second-order valence-electron chi connectivity index (χ2n) is 10.7. The zero-order chi connectivity index (χ0) is 33.2. The summed E-state index contributed by atoms with van der Waals surface area (Å²) in [5, 5.41) is -5.79. The van der Waals surface area contributed by atoms with Crippen LogP contribution in [0.2, 0.25) is 13.1 Å². The van der Waals surface area contributed by atoms with Gasteiger partial charge in [-0.2, -0.15) is 47.9 Å². The summed E-state index contributed by atoms with van der Waals surface area (Å²) < 4.78 is 155. The molecule has 15 heteroatoms. The topological polar surface area (TPSA) is 48.3 Å². The van der Waals surface area contributed by atoms with Crippen molar-refractivity contribution >= 4 is 50.4 Å². The Morgan fingerprint density at radius 1 is 0.644 bits per heavy atom. The van der Waals surface area contributed by atoms with Gasteiger partial charge in [-0.25, -0.2) is 0 Å². The van der Waals surface area contributed by atoms with Crippen molar-refractivity contribution in [2.75, 3.05) is 0 Å². The lowest BCUT2D eigenvalue weighted by Crippen LogP contribution is -2.64. The van der Waals surface area contributed by atoms with Gasteiger partial charge in [-0.3, -0.25) is 0 Å². The minimum absolute atomic E-state index is 0.0357. The van der Waals surface area contributed by atoms with E-state index < -0.39 is 47.2 Å². The number of fused-ring (bicyclic) bond motifs is 3. The fourth-order valence-corrected chi connectivity index (χ4v) is 8.68. The third kappa shape index (κ3) is 4.96. The van der Waals surface area contributed by atoms with Crippen molar-refractivity contribution in [1.82, 2.24) is 4.57 Å². The van der Waals surface area contributed by atoms with Gasteiger partial charge in [0.05, 0.1) is 11.0 Å². The summed E-state index contributed by atoms with van der Waals surface area (Å²) in [7, 11) is -10.4. The van der Waals surface area contributed by atoms with Crippen molar-refractivity contribution in [2.45, 2.75) is 36.4 Å². The second-order valence-corrected chi connectivity index (χ2v) is 16.7. The number of alkyl halides is 9. The smallest absolute Gasteiger partial charge is 0.378 e. The van der Waals surface area contributed by atoms with Crippen molar-refractivity contribution in [2.24, 2.45) is 0 Å². The maximum absolute atomic E-state index is 14.8. The van der Waals surface area contributed by atoms with Gasteiger partial charge < -0.3 is 8.75 Å². The van der Waals surface area contributed by atoms with Gasteiger partial charge in [0, 0.05) is 16.5 Å². The molecule has 238 valence electrons. The van der Waals surface area contributed by atoms with E-state index in [0.717, 1.165) is 6.07 Å². The molecule has 5 aromatic rings. The van der Waals surface area contributed by atoms with Gasteiger partial charge in [-0.1, -0.05) is 85.0 Å². The molecule has 5 rings (SSSR count). The molecule has 0 radical (unpaired) electrons. The van der Waals surface area contributed by atoms with Gasteiger partial charge >= 0.3 is 33.4 Å². The molecule has 0 fully saturated rings. The molecule has 0 unspecified atom stereocenters. The number of aromatic nitrogens is 1. The number of halogens is 9. The van der Waals surface area contributed by atoms with Crippen LogP contribution in [0.15, 0.2) is 97.1 Å². The molecule has 0 amide bonds. The summed E-state index contributed by atoms with van der Waals surface area (Å²) >= 11 is 0. The van der Waals surface area contributed by atoms with Crippen LogP contribution in [-0.2, 0) is 10.1 Å². The van der Waals surface area contributed by atoms with E-state index in [9.17, 15) is 47.9 Å². The molecule has 0 aliphatic rings. The molecule has 1 aromatic heterocycles. The first-order valence-electron chi connectivity index (χ1n) is 13.1. The normalized spacial score (nSPS) is 13.8. The Labute approximate surface area is 251 Å². The van der Waals surface area contributed by atoms with Crippen molar-refractivity contribution < 1.29 is 52.1 Å². The predicted molar refractivity (Wildman–Crippen MR) is 154 cm³/mol. The monoisotopic (exact) mass is 675 g/mol. The van der Waals surface area contributed by atoms with E-state index >= 15 is 0 Å². The Morgan fingerprint density at radius 3 is 1.76 bits per heavy atom. The summed E-state index contributed by atoms with van der Waals surface area (Å²) in [5.41, 5.74) is 1.65. The van der Waals surface area contributed by atoms with Gasteiger partial charge in [0.15, 0.2) is 0 Å². The summed E-state index contributed by atoms with van der Waals surface area (Å²) in [5.74, 6) is -15.8.